The molecule has 0 aliphatic heterocycles. The van der Waals surface area contributed by atoms with E-state index in [1.165, 1.54) is 11.1 Å². The first kappa shape index (κ1) is 23.4. The second-order valence-corrected chi connectivity index (χ2v) is 8.52. The summed E-state index contributed by atoms with van der Waals surface area (Å²) in [4.78, 5) is 17.6. The maximum absolute atomic E-state index is 12.7. The van der Waals surface area contributed by atoms with Gasteiger partial charge in [0.15, 0.2) is 0 Å². The first-order valence-electron chi connectivity index (χ1n) is 11.5. The minimum Gasteiger partial charge on any atom is -0.497 e. The van der Waals surface area contributed by atoms with Gasteiger partial charge in [0.2, 0.25) is 5.91 Å². The number of ether oxygens (including phenoxy) is 2. The molecular weight excluding hydrogens is 426 g/mol. The van der Waals surface area contributed by atoms with E-state index in [1.807, 2.05) is 61.5 Å². The SMILES string of the molecule is COc1ccc(CC(=O)NC(C)c2nc3ccccc3n2CCOc2ccc(C)c(C)c2)cc1. The molecule has 4 aromatic rings. The summed E-state index contributed by atoms with van der Waals surface area (Å²) >= 11 is 0. The summed E-state index contributed by atoms with van der Waals surface area (Å²) in [5.74, 6) is 2.39. The number of rotatable bonds is 9. The highest BCUT2D eigenvalue weighted by Gasteiger charge is 2.18. The molecule has 1 atom stereocenters. The summed E-state index contributed by atoms with van der Waals surface area (Å²) < 4.78 is 13.4. The van der Waals surface area contributed by atoms with Gasteiger partial charge in [-0.3, -0.25) is 4.79 Å². The van der Waals surface area contributed by atoms with Crippen LogP contribution in [0.2, 0.25) is 0 Å². The number of imidazole rings is 1. The largest absolute Gasteiger partial charge is 0.497 e. The molecule has 0 saturated heterocycles. The molecule has 0 aliphatic carbocycles. The van der Waals surface area contributed by atoms with Crippen molar-refractivity contribution in [3.05, 3.63) is 89.2 Å². The van der Waals surface area contributed by atoms with Crippen LogP contribution in [0, 0.1) is 13.8 Å². The van der Waals surface area contributed by atoms with Crippen LogP contribution in [0.15, 0.2) is 66.7 Å². The molecule has 1 heterocycles. The number of aryl methyl sites for hydroxylation is 2. The molecule has 1 amide bonds. The monoisotopic (exact) mass is 457 g/mol. The van der Waals surface area contributed by atoms with Crippen LogP contribution >= 0.6 is 0 Å². The summed E-state index contributed by atoms with van der Waals surface area (Å²) in [7, 11) is 1.63. The lowest BCUT2D eigenvalue weighted by molar-refractivity contribution is -0.121. The number of nitrogens with zero attached hydrogens (tertiary/aromatic N) is 2. The maximum atomic E-state index is 12.7. The Balaban J connectivity index is 1.46. The Morgan fingerprint density at radius 3 is 2.47 bits per heavy atom. The van der Waals surface area contributed by atoms with Gasteiger partial charge >= 0.3 is 0 Å². The number of methoxy groups -OCH3 is 1. The standard InChI is InChI=1S/C28H31N3O3/c1-19-9-12-24(17-20(19)2)34-16-15-31-26-8-6-5-7-25(26)30-28(31)21(3)29-27(32)18-22-10-13-23(33-4)14-11-22/h5-14,17,21H,15-16,18H2,1-4H3,(H,29,32). The molecule has 0 bridgehead atoms. The number of amides is 1. The third-order valence-corrected chi connectivity index (χ3v) is 6.03. The Morgan fingerprint density at radius 1 is 1.00 bits per heavy atom. The fourth-order valence-electron chi connectivity index (χ4n) is 4.00. The van der Waals surface area contributed by atoms with Crippen molar-refractivity contribution in [2.45, 2.75) is 39.8 Å². The van der Waals surface area contributed by atoms with E-state index in [9.17, 15) is 4.79 Å². The molecular formula is C28H31N3O3. The van der Waals surface area contributed by atoms with Crippen LogP contribution in [0.4, 0.5) is 0 Å². The maximum Gasteiger partial charge on any atom is 0.224 e. The van der Waals surface area contributed by atoms with E-state index in [1.54, 1.807) is 7.11 Å². The average molecular weight is 458 g/mol. The van der Waals surface area contributed by atoms with Crippen molar-refractivity contribution in [1.29, 1.82) is 0 Å². The van der Waals surface area contributed by atoms with Crippen LogP contribution in [0.1, 0.15) is 35.5 Å². The van der Waals surface area contributed by atoms with Gasteiger partial charge < -0.3 is 19.4 Å². The van der Waals surface area contributed by atoms with E-state index >= 15 is 0 Å². The van der Waals surface area contributed by atoms with Gasteiger partial charge in [-0.15, -0.1) is 0 Å². The number of hydrogen-bond donors (Lipinski definition) is 1. The summed E-state index contributed by atoms with van der Waals surface area (Å²) in [5.41, 5.74) is 5.31. The fraction of sp³-hybridized carbons (Fsp3) is 0.286. The molecule has 1 unspecified atom stereocenters. The van der Waals surface area contributed by atoms with Crippen molar-refractivity contribution in [2.24, 2.45) is 0 Å². The molecule has 4 rings (SSSR count). The number of benzene rings is 3. The fourth-order valence-corrected chi connectivity index (χ4v) is 4.00. The molecule has 176 valence electrons. The van der Waals surface area contributed by atoms with Gasteiger partial charge in [0, 0.05) is 0 Å². The van der Waals surface area contributed by atoms with Crippen molar-refractivity contribution in [2.75, 3.05) is 13.7 Å². The van der Waals surface area contributed by atoms with Gasteiger partial charge in [-0.2, -0.15) is 0 Å². The number of para-hydroxylation sites is 2. The lowest BCUT2D eigenvalue weighted by Gasteiger charge is -2.17. The second kappa shape index (κ2) is 10.4. The van der Waals surface area contributed by atoms with E-state index < -0.39 is 0 Å². The van der Waals surface area contributed by atoms with Gasteiger partial charge in [0.1, 0.15) is 23.9 Å². The zero-order chi connectivity index (χ0) is 24.1. The van der Waals surface area contributed by atoms with Crippen LogP contribution in [-0.4, -0.2) is 29.2 Å². The Labute approximate surface area is 200 Å². The third kappa shape index (κ3) is 5.39. The van der Waals surface area contributed by atoms with Crippen LogP contribution in [0.25, 0.3) is 11.0 Å². The molecule has 0 fully saturated rings. The molecule has 0 aliphatic rings. The minimum atomic E-state index is -0.250. The lowest BCUT2D eigenvalue weighted by atomic mass is 10.1. The number of nitrogens with one attached hydrogen (secondary N) is 1. The topological polar surface area (TPSA) is 65.4 Å². The molecule has 1 aromatic heterocycles. The Kier molecular flexibility index (Phi) is 7.16. The van der Waals surface area contributed by atoms with Crippen molar-refractivity contribution < 1.29 is 14.3 Å². The van der Waals surface area contributed by atoms with E-state index in [0.717, 1.165) is 33.9 Å². The first-order valence-corrected chi connectivity index (χ1v) is 11.5. The predicted octanol–water partition coefficient (Wildman–Crippen LogP) is 5.16. The molecule has 3 aromatic carbocycles. The highest BCUT2D eigenvalue weighted by Crippen LogP contribution is 2.22. The third-order valence-electron chi connectivity index (χ3n) is 6.03. The van der Waals surface area contributed by atoms with Gasteiger partial charge in [-0.1, -0.05) is 30.3 Å². The normalized spacial score (nSPS) is 11.9. The molecule has 0 radical (unpaired) electrons. The highest BCUT2D eigenvalue weighted by molar-refractivity contribution is 5.79. The van der Waals surface area contributed by atoms with Crippen molar-refractivity contribution >= 4 is 16.9 Å². The van der Waals surface area contributed by atoms with Crippen LogP contribution < -0.4 is 14.8 Å². The number of hydrogen-bond acceptors (Lipinski definition) is 4. The molecule has 6 nitrogen and oxygen atoms in total. The number of carbonyl (C=O) groups excluding carboxylic acids is 1. The highest BCUT2D eigenvalue weighted by atomic mass is 16.5. The Hall–Kier alpha value is -3.80. The van der Waals surface area contributed by atoms with Gasteiger partial charge in [-0.05, 0) is 73.9 Å². The lowest BCUT2D eigenvalue weighted by Crippen LogP contribution is -2.30. The summed E-state index contributed by atoms with van der Waals surface area (Å²) in [6.07, 6.45) is 0.296. The quantitative estimate of drug-likeness (QED) is 0.377. The van der Waals surface area contributed by atoms with E-state index in [-0.39, 0.29) is 11.9 Å². The zero-order valence-corrected chi connectivity index (χ0v) is 20.2. The van der Waals surface area contributed by atoms with E-state index in [0.29, 0.717) is 19.6 Å². The molecule has 34 heavy (non-hydrogen) atoms. The Bertz CT molecular complexity index is 1280. The van der Waals surface area contributed by atoms with Crippen molar-refractivity contribution in [1.82, 2.24) is 14.9 Å². The van der Waals surface area contributed by atoms with E-state index in [4.69, 9.17) is 14.5 Å². The molecule has 0 saturated carbocycles. The van der Waals surface area contributed by atoms with Crippen LogP contribution in [-0.2, 0) is 17.8 Å². The van der Waals surface area contributed by atoms with E-state index in [2.05, 4.69) is 35.9 Å². The molecule has 6 heteroatoms. The minimum absolute atomic E-state index is 0.0531. The molecule has 0 spiro atoms. The average Bonchev–Trinajstić information content (AvgIpc) is 3.20. The first-order chi connectivity index (χ1) is 16.4. The Morgan fingerprint density at radius 2 is 1.74 bits per heavy atom. The number of carbonyl (C=O) groups is 1. The molecule has 1 N–H and O–H groups in total. The van der Waals surface area contributed by atoms with Gasteiger partial charge in [0.25, 0.3) is 0 Å². The van der Waals surface area contributed by atoms with Gasteiger partial charge in [-0.25, -0.2) is 4.98 Å². The van der Waals surface area contributed by atoms with Crippen molar-refractivity contribution in [3.63, 3.8) is 0 Å². The van der Waals surface area contributed by atoms with Crippen molar-refractivity contribution in [3.8, 4) is 11.5 Å². The number of aromatic nitrogens is 2. The number of fused-ring (bicyclic) bond motifs is 1. The van der Waals surface area contributed by atoms with Gasteiger partial charge in [0.05, 0.1) is 37.2 Å². The van der Waals surface area contributed by atoms with Crippen LogP contribution in [0.3, 0.4) is 0 Å². The smallest absolute Gasteiger partial charge is 0.224 e. The predicted molar refractivity (Wildman–Crippen MR) is 134 cm³/mol. The summed E-state index contributed by atoms with van der Waals surface area (Å²) in [5, 5.41) is 3.10. The summed E-state index contributed by atoms with van der Waals surface area (Å²) in [6, 6.07) is 21.4. The van der Waals surface area contributed by atoms with Crippen LogP contribution in [0.5, 0.6) is 11.5 Å². The summed E-state index contributed by atoms with van der Waals surface area (Å²) in [6.45, 7) is 7.27. The zero-order valence-electron chi connectivity index (χ0n) is 20.2. The second-order valence-electron chi connectivity index (χ2n) is 8.52.